The molecule has 4 heterocycles. The van der Waals surface area contributed by atoms with Gasteiger partial charge in [-0.2, -0.15) is 0 Å². The van der Waals surface area contributed by atoms with Crippen molar-refractivity contribution in [2.75, 3.05) is 39.3 Å². The number of guanidine groups is 1. The summed E-state index contributed by atoms with van der Waals surface area (Å²) in [7, 11) is 0. The molecule has 72 heavy (non-hydrogen) atoms. The van der Waals surface area contributed by atoms with Gasteiger partial charge in [-0.25, -0.2) is 0 Å². The van der Waals surface area contributed by atoms with Gasteiger partial charge in [-0.3, -0.25) is 57.7 Å². The van der Waals surface area contributed by atoms with Crippen LogP contribution in [0.25, 0.3) is 0 Å². The van der Waals surface area contributed by atoms with Crippen molar-refractivity contribution >= 4 is 70.6 Å². The second-order valence-corrected chi connectivity index (χ2v) is 19.8. The van der Waals surface area contributed by atoms with Crippen LogP contribution in [0.5, 0.6) is 0 Å². The third-order valence-electron chi connectivity index (χ3n) is 14.3. The van der Waals surface area contributed by atoms with E-state index in [9.17, 15) is 63.0 Å². The van der Waals surface area contributed by atoms with E-state index >= 15 is 0 Å². The smallest absolute Gasteiger partial charge is 0.245 e. The number of nitrogens with two attached hydrogens (primary N) is 3. The Kier molecular flexibility index (Phi) is 22.1. The van der Waals surface area contributed by atoms with Crippen LogP contribution < -0.4 is 33.2 Å². The van der Waals surface area contributed by atoms with Gasteiger partial charge in [0, 0.05) is 70.2 Å². The highest BCUT2D eigenvalue weighted by atomic mass is 16.3. The number of hydrogen-bond donors (Lipinski definition) is 8. The van der Waals surface area contributed by atoms with Crippen LogP contribution in [-0.4, -0.2) is 188 Å². The van der Waals surface area contributed by atoms with Crippen molar-refractivity contribution in [3.8, 4) is 0 Å². The Labute approximate surface area is 420 Å². The number of carbonyl (C=O) groups excluding carboxylic acids is 11. The lowest BCUT2D eigenvalue weighted by molar-refractivity contribution is -0.148. The van der Waals surface area contributed by atoms with E-state index in [0.29, 0.717) is 83.8 Å². The van der Waals surface area contributed by atoms with E-state index in [0.717, 1.165) is 0 Å². The summed E-state index contributed by atoms with van der Waals surface area (Å²) in [6, 6.07) is -7.04. The highest BCUT2D eigenvalue weighted by molar-refractivity contribution is 5.99. The van der Waals surface area contributed by atoms with Gasteiger partial charge < -0.3 is 63.0 Å². The van der Waals surface area contributed by atoms with Gasteiger partial charge >= 0.3 is 0 Å². The summed E-state index contributed by atoms with van der Waals surface area (Å²) in [5.74, 6) is -8.52. The molecular formula is C48H77N11O13. The first-order valence-electron chi connectivity index (χ1n) is 25.3. The molecule has 0 bridgehead atoms. The minimum atomic E-state index is -1.52. The number of nitrogens with one attached hydrogen (secondary N) is 3. The van der Waals surface area contributed by atoms with E-state index in [4.69, 9.17) is 17.2 Å². The molecule has 24 heteroatoms. The Morgan fingerprint density at radius 3 is 1.68 bits per heavy atom. The summed E-state index contributed by atoms with van der Waals surface area (Å²) in [4.78, 5) is 155. The monoisotopic (exact) mass is 1020 g/mol. The lowest BCUT2D eigenvalue weighted by atomic mass is 9.93. The number of rotatable bonds is 26. The van der Waals surface area contributed by atoms with Gasteiger partial charge in [-0.15, -0.1) is 0 Å². The summed E-state index contributed by atoms with van der Waals surface area (Å²) in [6.07, 6.45) is 1.81. The number of amides is 8. The van der Waals surface area contributed by atoms with Crippen LogP contribution in [0, 0.1) is 17.8 Å². The highest BCUT2D eigenvalue weighted by Crippen LogP contribution is 2.28. The average Bonchev–Trinajstić information content (AvgIpc) is 4.19. The maximum Gasteiger partial charge on any atom is 0.245 e. The van der Waals surface area contributed by atoms with Crippen LogP contribution in [0.1, 0.15) is 125 Å². The van der Waals surface area contributed by atoms with Gasteiger partial charge in [0.15, 0.2) is 23.3 Å². The standard InChI is InChI=1S/C48H77N11O13/c1-26(11-6-18-52-48(50)51)44(69)58-21-9-14-35(58)43(68)54-29(4)45(70)56-19-7-12-33(56)37(62)16-17-40(65)55-32(25-60)38(63)24-31(30(5)61)42(67)53-28(3)46(71)59-22-10-15-36(59)47(72)57-20-8-13-34(57)39(64)23-27(2)41(49)66/h26-36,60-61H,6-25H2,1-5H3,(H2,49,66)(H,53,67)(H,54,68)(H,55,65)(H4,50,51,52)/t26-,27+,28-,29-,30?,31-,32-,33-,34-,35-,36-/m0/s1. The second-order valence-electron chi connectivity index (χ2n) is 19.8. The maximum absolute atomic E-state index is 13.8. The predicted octanol–water partition coefficient (Wildman–Crippen LogP) is -2.49. The molecule has 24 nitrogen and oxygen atoms in total. The largest absolute Gasteiger partial charge is 0.394 e. The molecule has 11 N–H and O–H groups in total. The molecule has 0 radical (unpaired) electrons. The van der Waals surface area contributed by atoms with Crippen molar-refractivity contribution in [2.24, 2.45) is 39.9 Å². The third kappa shape index (κ3) is 15.5. The average molecular weight is 1020 g/mol. The molecule has 0 aliphatic carbocycles. The first kappa shape index (κ1) is 58.5. The van der Waals surface area contributed by atoms with Gasteiger partial charge in [0.2, 0.25) is 47.3 Å². The van der Waals surface area contributed by atoms with Gasteiger partial charge in [-0.05, 0) is 85.0 Å². The highest BCUT2D eigenvalue weighted by Gasteiger charge is 2.44. The van der Waals surface area contributed by atoms with Crippen LogP contribution in [0.4, 0.5) is 0 Å². The van der Waals surface area contributed by atoms with Crippen LogP contribution >= 0.6 is 0 Å². The molecular weight excluding hydrogens is 939 g/mol. The summed E-state index contributed by atoms with van der Waals surface area (Å²) >= 11 is 0. The van der Waals surface area contributed by atoms with E-state index in [-0.39, 0.29) is 49.5 Å². The summed E-state index contributed by atoms with van der Waals surface area (Å²) in [5.41, 5.74) is 16.1. The molecule has 0 aromatic heterocycles. The lowest BCUT2D eigenvalue weighted by Crippen LogP contribution is -2.55. The molecule has 402 valence electrons. The second kappa shape index (κ2) is 27.1. The van der Waals surface area contributed by atoms with E-state index < -0.39 is 133 Å². The van der Waals surface area contributed by atoms with Crippen molar-refractivity contribution in [1.29, 1.82) is 0 Å². The number of ketones is 3. The van der Waals surface area contributed by atoms with Crippen molar-refractivity contribution in [3.63, 3.8) is 0 Å². The number of Topliss-reactive ketones (excluding diaryl/α,β-unsaturated/α-hetero) is 3. The van der Waals surface area contributed by atoms with Crippen LogP contribution in [0.3, 0.4) is 0 Å². The van der Waals surface area contributed by atoms with Crippen LogP contribution in [0.15, 0.2) is 4.99 Å². The fraction of sp³-hybridized carbons (Fsp3) is 0.750. The number of aliphatic hydroxyl groups is 2. The number of primary amides is 1. The molecule has 0 spiro atoms. The van der Waals surface area contributed by atoms with E-state index in [1.165, 1.54) is 47.3 Å². The normalized spacial score (nSPS) is 22.7. The van der Waals surface area contributed by atoms with Gasteiger partial charge in [0.25, 0.3) is 0 Å². The molecule has 4 fully saturated rings. The number of nitrogens with zero attached hydrogens (tertiary/aromatic N) is 5. The molecule has 11 atom stereocenters. The predicted molar refractivity (Wildman–Crippen MR) is 259 cm³/mol. The van der Waals surface area contributed by atoms with Crippen LogP contribution in [-0.2, 0) is 52.7 Å². The number of aliphatic imine (C=N–C) groups is 1. The Balaban J connectivity index is 1.25. The zero-order valence-corrected chi connectivity index (χ0v) is 42.3. The maximum atomic E-state index is 13.8. The zero-order valence-electron chi connectivity index (χ0n) is 42.3. The van der Waals surface area contributed by atoms with Gasteiger partial charge in [0.05, 0.1) is 30.7 Å². The zero-order chi connectivity index (χ0) is 53.6. The van der Waals surface area contributed by atoms with Crippen molar-refractivity contribution in [2.45, 2.75) is 173 Å². The molecule has 0 aromatic carbocycles. The summed E-state index contributed by atoms with van der Waals surface area (Å²) < 4.78 is 0. The van der Waals surface area contributed by atoms with Crippen molar-refractivity contribution in [1.82, 2.24) is 35.6 Å². The number of carbonyl (C=O) groups is 11. The lowest BCUT2D eigenvalue weighted by Gasteiger charge is -2.32. The van der Waals surface area contributed by atoms with E-state index in [2.05, 4.69) is 20.9 Å². The van der Waals surface area contributed by atoms with Gasteiger partial charge in [0.1, 0.15) is 30.2 Å². The third-order valence-corrected chi connectivity index (χ3v) is 14.3. The minimum absolute atomic E-state index is 0.0350. The fourth-order valence-electron chi connectivity index (χ4n) is 10.1. The summed E-state index contributed by atoms with van der Waals surface area (Å²) in [6.45, 7) is 8.10. The van der Waals surface area contributed by atoms with Crippen molar-refractivity contribution in [3.05, 3.63) is 0 Å². The molecule has 0 aromatic rings. The van der Waals surface area contributed by atoms with Gasteiger partial charge in [-0.1, -0.05) is 13.8 Å². The molecule has 4 saturated heterocycles. The first-order valence-corrected chi connectivity index (χ1v) is 25.3. The minimum Gasteiger partial charge on any atom is -0.394 e. The fourth-order valence-corrected chi connectivity index (χ4v) is 10.1. The number of likely N-dealkylation sites (tertiary alicyclic amines) is 4. The summed E-state index contributed by atoms with van der Waals surface area (Å²) in [5, 5.41) is 28.3. The first-order chi connectivity index (χ1) is 34.0. The number of aliphatic hydroxyl groups excluding tert-OH is 2. The topological polar surface area (TPSA) is 368 Å². The Morgan fingerprint density at radius 1 is 0.611 bits per heavy atom. The molecule has 4 aliphatic rings. The van der Waals surface area contributed by atoms with E-state index in [1.807, 2.05) is 0 Å². The Bertz CT molecular complexity index is 2060. The van der Waals surface area contributed by atoms with E-state index in [1.54, 1.807) is 6.92 Å². The molecule has 4 rings (SSSR count). The molecule has 0 saturated carbocycles. The molecule has 4 aliphatic heterocycles. The SMILES string of the molecule is CC(O)[C@H](CC(=O)[C@H](CO)NC(=O)CCC(=O)[C@@H]1CCCN1C(=O)[C@H](C)NC(=O)[C@@H]1CCCN1C(=O)[C@@H](C)CCCN=C(N)N)C(=O)N[C@@H](C)C(=O)N1CCC[C@H]1C(=O)N1CCC[C@H]1C(=O)C[C@@H](C)C(N)=O. The molecule has 8 amide bonds. The van der Waals surface area contributed by atoms with Crippen molar-refractivity contribution < 1.29 is 63.0 Å². The molecule has 1 unspecified atom stereocenters. The Hall–Kier alpha value is -6.04. The van der Waals surface area contributed by atoms with Crippen LogP contribution in [0.2, 0.25) is 0 Å². The number of hydrogen-bond acceptors (Lipinski definition) is 14. The Morgan fingerprint density at radius 2 is 1.12 bits per heavy atom. The quantitative estimate of drug-likeness (QED) is 0.0253.